The fourth-order valence-corrected chi connectivity index (χ4v) is 3.44. The molecule has 0 amide bonds. The van der Waals surface area contributed by atoms with Gasteiger partial charge in [0.2, 0.25) is 0 Å². The van der Waals surface area contributed by atoms with Gasteiger partial charge < -0.3 is 5.32 Å². The monoisotopic (exact) mass is 333 g/mol. The number of aromatic nitrogens is 1. The van der Waals surface area contributed by atoms with E-state index in [1.54, 1.807) is 0 Å². The molecule has 0 aliphatic carbocycles. The van der Waals surface area contributed by atoms with Crippen LogP contribution in [0.3, 0.4) is 0 Å². The predicted octanol–water partition coefficient (Wildman–Crippen LogP) is 3.18. The second-order valence-electron chi connectivity index (χ2n) is 5.51. The molecule has 1 N–H and O–H groups in total. The summed E-state index contributed by atoms with van der Waals surface area (Å²) in [7, 11) is 0. The van der Waals surface area contributed by atoms with Gasteiger partial charge in [0, 0.05) is 47.9 Å². The van der Waals surface area contributed by atoms with Gasteiger partial charge in [-0.3, -0.25) is 9.88 Å². The van der Waals surface area contributed by atoms with Crippen LogP contribution in [0.5, 0.6) is 0 Å². The fraction of sp³-hybridized carbons (Fsp3) is 0.438. The molecule has 4 heteroatoms. The van der Waals surface area contributed by atoms with Crippen LogP contribution in [-0.2, 0) is 6.54 Å². The van der Waals surface area contributed by atoms with Crippen molar-refractivity contribution in [2.75, 3.05) is 19.6 Å². The van der Waals surface area contributed by atoms with Crippen molar-refractivity contribution >= 4 is 26.7 Å². The number of benzene rings is 1. The number of halogens is 1. The molecule has 2 heterocycles. The van der Waals surface area contributed by atoms with E-state index in [4.69, 9.17) is 0 Å². The molecule has 1 saturated heterocycles. The fourth-order valence-electron chi connectivity index (χ4n) is 2.82. The first kappa shape index (κ1) is 14.0. The molecular weight excluding hydrogens is 314 g/mol. The van der Waals surface area contributed by atoms with E-state index < -0.39 is 0 Å². The Morgan fingerprint density at radius 3 is 3.20 bits per heavy atom. The lowest BCUT2D eigenvalue weighted by Crippen LogP contribution is -2.36. The van der Waals surface area contributed by atoms with Gasteiger partial charge in [0.25, 0.3) is 0 Å². The molecule has 1 aromatic carbocycles. The summed E-state index contributed by atoms with van der Waals surface area (Å²) in [6.45, 7) is 6.67. The van der Waals surface area contributed by atoms with Crippen LogP contribution in [0.2, 0.25) is 0 Å². The average Bonchev–Trinajstić information content (AvgIpc) is 2.67. The highest BCUT2D eigenvalue weighted by molar-refractivity contribution is 9.10. The van der Waals surface area contributed by atoms with Gasteiger partial charge in [-0.15, -0.1) is 0 Å². The zero-order valence-electron chi connectivity index (χ0n) is 11.8. The summed E-state index contributed by atoms with van der Waals surface area (Å²) in [5.41, 5.74) is 1.36. The van der Waals surface area contributed by atoms with Crippen LogP contribution in [0.15, 0.2) is 35.1 Å². The first-order chi connectivity index (χ1) is 9.75. The minimum Gasteiger partial charge on any atom is -0.315 e. The van der Waals surface area contributed by atoms with Gasteiger partial charge in [0.05, 0.1) is 0 Å². The molecule has 2 aromatic rings. The van der Waals surface area contributed by atoms with Gasteiger partial charge in [-0.2, -0.15) is 0 Å². The Morgan fingerprint density at radius 1 is 1.40 bits per heavy atom. The highest BCUT2D eigenvalue weighted by Crippen LogP contribution is 2.28. The number of pyridine rings is 1. The SMILES string of the molecule is C[C@H]1CNCCCN1Cc1ccc2cnccc2c1Br. The Bertz CT molecular complexity index is 599. The number of hydrogen-bond donors (Lipinski definition) is 1. The molecule has 1 fully saturated rings. The number of fused-ring (bicyclic) bond motifs is 1. The molecular formula is C16H20BrN3. The van der Waals surface area contributed by atoms with Gasteiger partial charge in [0.15, 0.2) is 0 Å². The van der Waals surface area contributed by atoms with Gasteiger partial charge in [-0.25, -0.2) is 0 Å². The smallest absolute Gasteiger partial charge is 0.0346 e. The second-order valence-corrected chi connectivity index (χ2v) is 6.31. The van der Waals surface area contributed by atoms with Crippen LogP contribution < -0.4 is 5.32 Å². The Hall–Kier alpha value is -0.970. The van der Waals surface area contributed by atoms with E-state index in [0.717, 1.165) is 26.2 Å². The molecule has 0 saturated carbocycles. The van der Waals surface area contributed by atoms with E-state index in [1.807, 2.05) is 12.4 Å². The van der Waals surface area contributed by atoms with Crippen LogP contribution in [0.4, 0.5) is 0 Å². The minimum atomic E-state index is 0.581. The molecule has 0 bridgehead atoms. The first-order valence-corrected chi connectivity index (χ1v) is 8.01. The van der Waals surface area contributed by atoms with Crippen molar-refractivity contribution in [1.29, 1.82) is 0 Å². The molecule has 1 aliphatic heterocycles. The van der Waals surface area contributed by atoms with E-state index >= 15 is 0 Å². The van der Waals surface area contributed by atoms with E-state index in [0.29, 0.717) is 6.04 Å². The maximum atomic E-state index is 4.18. The average molecular weight is 334 g/mol. The molecule has 3 rings (SSSR count). The van der Waals surface area contributed by atoms with Crippen molar-refractivity contribution in [3.8, 4) is 0 Å². The number of nitrogens with one attached hydrogen (secondary N) is 1. The maximum absolute atomic E-state index is 4.18. The molecule has 106 valence electrons. The predicted molar refractivity (Wildman–Crippen MR) is 86.8 cm³/mol. The lowest BCUT2D eigenvalue weighted by Gasteiger charge is -2.27. The van der Waals surface area contributed by atoms with Gasteiger partial charge >= 0.3 is 0 Å². The molecule has 0 unspecified atom stereocenters. The third kappa shape index (κ3) is 2.87. The summed E-state index contributed by atoms with van der Waals surface area (Å²) in [5.74, 6) is 0. The topological polar surface area (TPSA) is 28.2 Å². The van der Waals surface area contributed by atoms with Crippen LogP contribution in [0.1, 0.15) is 18.9 Å². The lowest BCUT2D eigenvalue weighted by molar-refractivity contribution is 0.213. The number of hydrogen-bond acceptors (Lipinski definition) is 3. The lowest BCUT2D eigenvalue weighted by atomic mass is 10.1. The van der Waals surface area contributed by atoms with Gasteiger partial charge in [0.1, 0.15) is 0 Å². The Morgan fingerprint density at radius 2 is 2.30 bits per heavy atom. The third-order valence-corrected chi connectivity index (χ3v) is 5.01. The van der Waals surface area contributed by atoms with E-state index in [2.05, 4.69) is 56.3 Å². The summed E-state index contributed by atoms with van der Waals surface area (Å²) < 4.78 is 1.21. The van der Waals surface area contributed by atoms with Crippen LogP contribution in [0, 0.1) is 0 Å². The molecule has 0 spiro atoms. The molecule has 1 aliphatic rings. The summed E-state index contributed by atoms with van der Waals surface area (Å²) in [6.07, 6.45) is 5.00. The van der Waals surface area contributed by atoms with Crippen molar-refractivity contribution in [3.05, 3.63) is 40.6 Å². The third-order valence-electron chi connectivity index (χ3n) is 4.07. The summed E-state index contributed by atoms with van der Waals surface area (Å²) in [4.78, 5) is 6.75. The van der Waals surface area contributed by atoms with Gasteiger partial charge in [-0.1, -0.05) is 12.1 Å². The minimum absolute atomic E-state index is 0.581. The highest BCUT2D eigenvalue weighted by Gasteiger charge is 2.18. The van der Waals surface area contributed by atoms with E-state index in [1.165, 1.54) is 27.2 Å². The van der Waals surface area contributed by atoms with Crippen molar-refractivity contribution in [2.45, 2.75) is 25.9 Å². The maximum Gasteiger partial charge on any atom is 0.0346 e. The highest BCUT2D eigenvalue weighted by atomic mass is 79.9. The van der Waals surface area contributed by atoms with Crippen molar-refractivity contribution in [3.63, 3.8) is 0 Å². The van der Waals surface area contributed by atoms with Crippen LogP contribution >= 0.6 is 15.9 Å². The molecule has 3 nitrogen and oxygen atoms in total. The number of nitrogens with zero attached hydrogens (tertiary/aromatic N) is 2. The summed E-state index contributed by atoms with van der Waals surface area (Å²) in [6, 6.07) is 7.05. The first-order valence-electron chi connectivity index (χ1n) is 7.21. The quantitative estimate of drug-likeness (QED) is 0.914. The standard InChI is InChI=1S/C16H20BrN3/c1-12-9-18-6-2-8-20(12)11-14-4-3-13-10-19-7-5-15(13)16(14)17/h3-5,7,10,12,18H,2,6,8-9,11H2,1H3/t12-/m0/s1. The van der Waals surface area contributed by atoms with Crippen molar-refractivity contribution in [1.82, 2.24) is 15.2 Å². The van der Waals surface area contributed by atoms with E-state index in [9.17, 15) is 0 Å². The van der Waals surface area contributed by atoms with Gasteiger partial charge in [-0.05, 0) is 52.8 Å². The molecule has 1 atom stereocenters. The van der Waals surface area contributed by atoms with Crippen LogP contribution in [-0.4, -0.2) is 35.6 Å². The largest absolute Gasteiger partial charge is 0.315 e. The zero-order valence-corrected chi connectivity index (χ0v) is 13.4. The van der Waals surface area contributed by atoms with Crippen molar-refractivity contribution < 1.29 is 0 Å². The molecule has 1 aromatic heterocycles. The van der Waals surface area contributed by atoms with E-state index in [-0.39, 0.29) is 0 Å². The van der Waals surface area contributed by atoms with Crippen molar-refractivity contribution in [2.24, 2.45) is 0 Å². The zero-order chi connectivity index (χ0) is 13.9. The number of rotatable bonds is 2. The summed E-state index contributed by atoms with van der Waals surface area (Å²) >= 11 is 3.78. The Kier molecular flexibility index (Phi) is 4.34. The normalized spacial score (nSPS) is 21.0. The van der Waals surface area contributed by atoms with Crippen LogP contribution in [0.25, 0.3) is 10.8 Å². The Balaban J connectivity index is 1.88. The molecule has 0 radical (unpaired) electrons. The summed E-state index contributed by atoms with van der Waals surface area (Å²) in [5, 5.41) is 5.93. The Labute approximate surface area is 128 Å². The molecule has 20 heavy (non-hydrogen) atoms. The second kappa shape index (κ2) is 6.20.